The molecule has 0 bridgehead atoms. The number of pyridine rings is 1. The summed E-state index contributed by atoms with van der Waals surface area (Å²) in [6.07, 6.45) is 4.43. The van der Waals surface area contributed by atoms with Crippen LogP contribution in [0.1, 0.15) is 22.2 Å². The number of thiazole rings is 1. The lowest BCUT2D eigenvalue weighted by Gasteiger charge is -2.10. The topological polar surface area (TPSA) is 51.8 Å². The highest BCUT2D eigenvalue weighted by molar-refractivity contribution is 7.18. The van der Waals surface area contributed by atoms with E-state index < -0.39 is 0 Å². The van der Waals surface area contributed by atoms with Crippen molar-refractivity contribution in [2.24, 2.45) is 5.73 Å². The molecule has 1 aromatic carbocycles. The van der Waals surface area contributed by atoms with Crippen molar-refractivity contribution in [1.82, 2.24) is 9.97 Å². The highest BCUT2D eigenvalue weighted by Crippen LogP contribution is 2.25. The van der Waals surface area contributed by atoms with E-state index in [-0.39, 0.29) is 6.04 Å². The summed E-state index contributed by atoms with van der Waals surface area (Å²) in [6, 6.07) is 10.2. The fourth-order valence-corrected chi connectivity index (χ4v) is 3.12. The van der Waals surface area contributed by atoms with E-state index in [4.69, 9.17) is 5.73 Å². The number of hydrogen-bond donors (Lipinski definition) is 1. The van der Waals surface area contributed by atoms with Crippen molar-refractivity contribution in [3.05, 3.63) is 58.9 Å². The van der Waals surface area contributed by atoms with Gasteiger partial charge >= 0.3 is 0 Å². The van der Waals surface area contributed by atoms with Gasteiger partial charge in [-0.2, -0.15) is 0 Å². The molecule has 0 saturated heterocycles. The third-order valence-corrected chi connectivity index (χ3v) is 4.12. The third kappa shape index (κ3) is 2.64. The van der Waals surface area contributed by atoms with Crippen molar-refractivity contribution in [3.63, 3.8) is 0 Å². The second-order valence-electron chi connectivity index (χ2n) is 4.68. The first kappa shape index (κ1) is 12.3. The number of aromatic nitrogens is 2. The Bertz CT molecular complexity index is 672. The predicted molar refractivity (Wildman–Crippen MR) is 79.2 cm³/mol. The van der Waals surface area contributed by atoms with Crippen LogP contribution in [0.3, 0.4) is 0 Å². The Balaban J connectivity index is 1.84. The van der Waals surface area contributed by atoms with Gasteiger partial charge in [-0.05, 0) is 30.2 Å². The quantitative estimate of drug-likeness (QED) is 0.794. The molecule has 3 nitrogen and oxygen atoms in total. The van der Waals surface area contributed by atoms with Gasteiger partial charge < -0.3 is 5.73 Å². The van der Waals surface area contributed by atoms with Crippen LogP contribution in [0, 0.1) is 6.92 Å². The summed E-state index contributed by atoms with van der Waals surface area (Å²) in [4.78, 5) is 8.81. The average molecular weight is 269 g/mol. The molecule has 2 N–H and O–H groups in total. The lowest BCUT2D eigenvalue weighted by Crippen LogP contribution is -2.13. The van der Waals surface area contributed by atoms with Gasteiger partial charge in [0.05, 0.1) is 15.2 Å². The van der Waals surface area contributed by atoms with Crippen LogP contribution in [-0.2, 0) is 6.42 Å². The molecule has 0 fully saturated rings. The summed E-state index contributed by atoms with van der Waals surface area (Å²) in [5, 5.41) is 1.08. The molecular formula is C15H15N3S. The highest BCUT2D eigenvalue weighted by Gasteiger charge is 2.11. The number of nitrogens with two attached hydrogens (primary N) is 1. The van der Waals surface area contributed by atoms with Crippen molar-refractivity contribution in [2.75, 3.05) is 0 Å². The van der Waals surface area contributed by atoms with Crippen LogP contribution >= 0.6 is 11.3 Å². The van der Waals surface area contributed by atoms with Crippen LogP contribution in [0.15, 0.2) is 42.7 Å². The first-order valence-corrected chi connectivity index (χ1v) is 7.05. The molecule has 3 aromatic rings. The van der Waals surface area contributed by atoms with E-state index in [1.807, 2.05) is 37.5 Å². The van der Waals surface area contributed by atoms with E-state index in [0.29, 0.717) is 0 Å². The Kier molecular flexibility index (Phi) is 3.27. The molecule has 0 radical (unpaired) electrons. The number of fused-ring (bicyclic) bond motifs is 1. The van der Waals surface area contributed by atoms with Gasteiger partial charge in [0.2, 0.25) is 0 Å². The molecule has 0 aliphatic heterocycles. The fourth-order valence-electron chi connectivity index (χ4n) is 2.09. The average Bonchev–Trinajstić information content (AvgIpc) is 2.80. The highest BCUT2D eigenvalue weighted by atomic mass is 32.1. The smallest absolute Gasteiger partial charge is 0.0957 e. The Morgan fingerprint density at radius 1 is 1.26 bits per heavy atom. The number of nitrogens with zero attached hydrogens (tertiary/aromatic N) is 2. The zero-order valence-corrected chi connectivity index (χ0v) is 11.5. The predicted octanol–water partition coefficient (Wildman–Crippen LogP) is 3.24. The van der Waals surface area contributed by atoms with Gasteiger partial charge in [0.25, 0.3) is 0 Å². The second kappa shape index (κ2) is 5.07. The summed E-state index contributed by atoms with van der Waals surface area (Å²) in [5.41, 5.74) is 9.50. The molecule has 2 aromatic heterocycles. The number of rotatable bonds is 3. The lowest BCUT2D eigenvalue weighted by atomic mass is 10.1. The molecule has 0 aliphatic carbocycles. The molecule has 0 spiro atoms. The maximum absolute atomic E-state index is 6.24. The van der Waals surface area contributed by atoms with E-state index in [1.165, 1.54) is 4.70 Å². The molecule has 1 atom stereocenters. The van der Waals surface area contributed by atoms with Gasteiger partial charge in [-0.25, -0.2) is 4.98 Å². The van der Waals surface area contributed by atoms with Crippen molar-refractivity contribution >= 4 is 21.6 Å². The van der Waals surface area contributed by atoms with Gasteiger partial charge in [-0.15, -0.1) is 11.3 Å². The Morgan fingerprint density at radius 3 is 2.89 bits per heavy atom. The standard InChI is InChI=1S/C15H15N3S/c1-10-6-11(9-17-8-10)12(16)7-15-18-13-4-2-3-5-14(13)19-15/h2-6,8-9,12H,7,16H2,1H3. The molecule has 4 heteroatoms. The first-order chi connectivity index (χ1) is 9.22. The molecule has 0 saturated carbocycles. The van der Waals surface area contributed by atoms with Gasteiger partial charge in [0.1, 0.15) is 0 Å². The van der Waals surface area contributed by atoms with Crippen molar-refractivity contribution < 1.29 is 0 Å². The summed E-state index contributed by atoms with van der Waals surface area (Å²) < 4.78 is 1.21. The van der Waals surface area contributed by atoms with Crippen LogP contribution in [-0.4, -0.2) is 9.97 Å². The van der Waals surface area contributed by atoms with Crippen molar-refractivity contribution in [2.45, 2.75) is 19.4 Å². The number of para-hydroxylation sites is 1. The van der Waals surface area contributed by atoms with Crippen LogP contribution < -0.4 is 5.73 Å². The minimum absolute atomic E-state index is 0.0482. The minimum atomic E-state index is -0.0482. The SMILES string of the molecule is Cc1cncc(C(N)Cc2nc3ccccc3s2)c1. The Morgan fingerprint density at radius 2 is 2.11 bits per heavy atom. The maximum Gasteiger partial charge on any atom is 0.0957 e. The zero-order chi connectivity index (χ0) is 13.2. The Hall–Kier alpha value is -1.78. The summed E-state index contributed by atoms with van der Waals surface area (Å²) in [7, 11) is 0. The largest absolute Gasteiger partial charge is 0.324 e. The van der Waals surface area contributed by atoms with E-state index in [0.717, 1.165) is 28.1 Å². The maximum atomic E-state index is 6.24. The van der Waals surface area contributed by atoms with Crippen LogP contribution in [0.25, 0.3) is 10.2 Å². The number of hydrogen-bond acceptors (Lipinski definition) is 4. The van der Waals surface area contributed by atoms with Crippen LogP contribution in [0.5, 0.6) is 0 Å². The third-order valence-electron chi connectivity index (χ3n) is 3.06. The monoisotopic (exact) mass is 269 g/mol. The summed E-state index contributed by atoms with van der Waals surface area (Å²) >= 11 is 1.71. The van der Waals surface area contributed by atoms with E-state index >= 15 is 0 Å². The fraction of sp³-hybridized carbons (Fsp3) is 0.200. The summed E-state index contributed by atoms with van der Waals surface area (Å²) in [5.74, 6) is 0. The van der Waals surface area contributed by atoms with E-state index in [2.05, 4.69) is 22.1 Å². The number of benzene rings is 1. The first-order valence-electron chi connectivity index (χ1n) is 6.24. The Labute approximate surface area is 116 Å². The van der Waals surface area contributed by atoms with Crippen LogP contribution in [0.2, 0.25) is 0 Å². The van der Waals surface area contributed by atoms with Gasteiger partial charge in [-0.1, -0.05) is 18.2 Å². The van der Waals surface area contributed by atoms with Gasteiger partial charge in [-0.3, -0.25) is 4.98 Å². The lowest BCUT2D eigenvalue weighted by molar-refractivity contribution is 0.714. The molecule has 3 rings (SSSR count). The zero-order valence-electron chi connectivity index (χ0n) is 10.7. The number of aryl methyl sites for hydroxylation is 1. The normalized spacial score (nSPS) is 12.7. The van der Waals surface area contributed by atoms with Crippen molar-refractivity contribution in [1.29, 1.82) is 0 Å². The summed E-state index contributed by atoms with van der Waals surface area (Å²) in [6.45, 7) is 2.03. The van der Waals surface area contributed by atoms with E-state index in [1.54, 1.807) is 11.3 Å². The van der Waals surface area contributed by atoms with Gasteiger partial charge in [0, 0.05) is 24.9 Å². The van der Waals surface area contributed by atoms with Gasteiger partial charge in [0.15, 0.2) is 0 Å². The van der Waals surface area contributed by atoms with E-state index in [9.17, 15) is 0 Å². The molecule has 1 unspecified atom stereocenters. The molecule has 19 heavy (non-hydrogen) atoms. The van der Waals surface area contributed by atoms with Crippen LogP contribution in [0.4, 0.5) is 0 Å². The molecule has 96 valence electrons. The molecular weight excluding hydrogens is 254 g/mol. The molecule has 0 aliphatic rings. The molecule has 2 heterocycles. The molecule has 0 amide bonds. The minimum Gasteiger partial charge on any atom is -0.324 e. The van der Waals surface area contributed by atoms with Crippen molar-refractivity contribution in [3.8, 4) is 0 Å². The second-order valence-corrected chi connectivity index (χ2v) is 5.80.